The first-order valence-corrected chi connectivity index (χ1v) is 7.47. The summed E-state index contributed by atoms with van der Waals surface area (Å²) in [6, 6.07) is 0. The fraction of sp³-hybridized carbons (Fsp3) is 1.00. The van der Waals surface area contributed by atoms with Gasteiger partial charge in [0, 0.05) is 46.6 Å². The van der Waals surface area contributed by atoms with Gasteiger partial charge in [-0.05, 0) is 32.2 Å². The number of likely N-dealkylation sites (tertiary alicyclic amines) is 1. The Labute approximate surface area is 117 Å². The van der Waals surface area contributed by atoms with E-state index in [4.69, 9.17) is 19.9 Å². The van der Waals surface area contributed by atoms with E-state index in [1.54, 1.807) is 7.11 Å². The van der Waals surface area contributed by atoms with Crippen LogP contribution >= 0.6 is 0 Å². The second-order valence-corrected chi connectivity index (χ2v) is 5.01. The lowest BCUT2D eigenvalue weighted by molar-refractivity contribution is 0.0000991. The fourth-order valence-electron chi connectivity index (χ4n) is 2.23. The van der Waals surface area contributed by atoms with Crippen molar-refractivity contribution in [1.29, 1.82) is 0 Å². The molecule has 0 spiro atoms. The van der Waals surface area contributed by atoms with E-state index >= 15 is 0 Å². The van der Waals surface area contributed by atoms with Crippen molar-refractivity contribution in [2.24, 2.45) is 5.73 Å². The maximum absolute atomic E-state index is 5.79. The molecule has 0 aliphatic carbocycles. The van der Waals surface area contributed by atoms with Crippen molar-refractivity contribution < 1.29 is 14.2 Å². The molecule has 1 fully saturated rings. The van der Waals surface area contributed by atoms with Crippen LogP contribution in [-0.2, 0) is 14.2 Å². The van der Waals surface area contributed by atoms with Crippen LogP contribution in [-0.4, -0.2) is 70.7 Å². The molecule has 1 aliphatic heterocycles. The van der Waals surface area contributed by atoms with Crippen molar-refractivity contribution in [3.63, 3.8) is 0 Å². The first-order valence-electron chi connectivity index (χ1n) is 7.47. The maximum atomic E-state index is 5.79. The number of nitrogens with zero attached hydrogens (tertiary/aromatic N) is 1. The molecule has 5 heteroatoms. The molecule has 1 aliphatic rings. The Morgan fingerprint density at radius 3 is 2.53 bits per heavy atom. The molecule has 5 nitrogen and oxygen atoms in total. The number of ether oxygens (including phenoxy) is 3. The van der Waals surface area contributed by atoms with Crippen LogP contribution in [0.25, 0.3) is 0 Å². The zero-order valence-electron chi connectivity index (χ0n) is 12.3. The lowest BCUT2D eigenvalue weighted by Gasteiger charge is -2.31. The van der Waals surface area contributed by atoms with Crippen LogP contribution < -0.4 is 5.73 Å². The number of rotatable bonds is 11. The van der Waals surface area contributed by atoms with Gasteiger partial charge in [0.25, 0.3) is 0 Å². The van der Waals surface area contributed by atoms with E-state index in [1.807, 2.05) is 0 Å². The van der Waals surface area contributed by atoms with Crippen LogP contribution in [0.15, 0.2) is 0 Å². The van der Waals surface area contributed by atoms with Gasteiger partial charge in [0.05, 0.1) is 12.7 Å². The molecule has 0 aromatic carbocycles. The molecule has 0 atom stereocenters. The van der Waals surface area contributed by atoms with Gasteiger partial charge in [-0.15, -0.1) is 0 Å². The van der Waals surface area contributed by atoms with Crippen LogP contribution in [0, 0.1) is 0 Å². The third-order valence-electron chi connectivity index (χ3n) is 3.43. The smallest absolute Gasteiger partial charge is 0.0599 e. The Morgan fingerprint density at radius 1 is 1.05 bits per heavy atom. The van der Waals surface area contributed by atoms with Gasteiger partial charge in [0.15, 0.2) is 0 Å². The average molecular weight is 274 g/mol. The quantitative estimate of drug-likeness (QED) is 0.567. The van der Waals surface area contributed by atoms with E-state index in [0.29, 0.717) is 6.10 Å². The highest BCUT2D eigenvalue weighted by Gasteiger charge is 2.18. The van der Waals surface area contributed by atoms with Crippen LogP contribution in [0.4, 0.5) is 0 Å². The Morgan fingerprint density at radius 2 is 1.84 bits per heavy atom. The zero-order valence-corrected chi connectivity index (χ0v) is 12.3. The van der Waals surface area contributed by atoms with Gasteiger partial charge in [-0.25, -0.2) is 0 Å². The molecule has 0 saturated carbocycles. The minimum atomic E-state index is 0.436. The normalized spacial score (nSPS) is 18.0. The molecule has 0 radical (unpaired) electrons. The van der Waals surface area contributed by atoms with Crippen molar-refractivity contribution >= 4 is 0 Å². The Hall–Kier alpha value is -0.200. The second-order valence-electron chi connectivity index (χ2n) is 5.01. The molecular formula is C14H30N2O3. The second kappa shape index (κ2) is 11.6. The number of hydrogen-bond donors (Lipinski definition) is 1. The van der Waals surface area contributed by atoms with E-state index in [9.17, 15) is 0 Å². The third-order valence-corrected chi connectivity index (χ3v) is 3.43. The average Bonchev–Trinajstić information content (AvgIpc) is 2.44. The molecule has 114 valence electrons. The zero-order chi connectivity index (χ0) is 13.8. The minimum Gasteiger partial charge on any atom is -0.385 e. The fourth-order valence-corrected chi connectivity index (χ4v) is 2.23. The number of nitrogens with two attached hydrogens (primary N) is 1. The standard InChI is InChI=1S/C14H30N2O3/c1-17-10-3-11-18-13-9-16-7-4-14(5-8-16)19-12-2-6-15/h14H,2-13,15H2,1H3. The van der Waals surface area contributed by atoms with Gasteiger partial charge in [-0.3, -0.25) is 0 Å². The van der Waals surface area contributed by atoms with Gasteiger partial charge < -0.3 is 24.8 Å². The molecule has 1 saturated heterocycles. The summed E-state index contributed by atoms with van der Waals surface area (Å²) in [5, 5.41) is 0. The summed E-state index contributed by atoms with van der Waals surface area (Å²) in [5.41, 5.74) is 5.45. The molecule has 0 unspecified atom stereocenters. The monoisotopic (exact) mass is 274 g/mol. The van der Waals surface area contributed by atoms with Crippen LogP contribution in [0.5, 0.6) is 0 Å². The lowest BCUT2D eigenvalue weighted by Crippen LogP contribution is -2.39. The third kappa shape index (κ3) is 8.55. The van der Waals surface area contributed by atoms with Gasteiger partial charge in [-0.2, -0.15) is 0 Å². The summed E-state index contributed by atoms with van der Waals surface area (Å²) >= 11 is 0. The number of hydrogen-bond acceptors (Lipinski definition) is 5. The molecule has 2 N–H and O–H groups in total. The van der Waals surface area contributed by atoms with Crippen molar-refractivity contribution in [1.82, 2.24) is 4.90 Å². The highest BCUT2D eigenvalue weighted by Crippen LogP contribution is 2.13. The molecule has 1 rings (SSSR count). The molecule has 0 aromatic rings. The van der Waals surface area contributed by atoms with Crippen molar-refractivity contribution in [3.05, 3.63) is 0 Å². The van der Waals surface area contributed by atoms with E-state index in [2.05, 4.69) is 4.90 Å². The van der Waals surface area contributed by atoms with Crippen molar-refractivity contribution in [2.75, 3.05) is 59.7 Å². The Kier molecular flexibility index (Phi) is 10.3. The summed E-state index contributed by atoms with van der Waals surface area (Å²) in [6.45, 7) is 7.20. The topological polar surface area (TPSA) is 57.0 Å². The maximum Gasteiger partial charge on any atom is 0.0599 e. The summed E-state index contributed by atoms with van der Waals surface area (Å²) in [6.07, 6.45) is 4.65. The largest absolute Gasteiger partial charge is 0.385 e. The Bertz CT molecular complexity index is 194. The van der Waals surface area contributed by atoms with Crippen molar-refractivity contribution in [2.45, 2.75) is 31.8 Å². The predicted molar refractivity (Wildman–Crippen MR) is 76.4 cm³/mol. The van der Waals surface area contributed by atoms with E-state index in [0.717, 1.165) is 78.3 Å². The van der Waals surface area contributed by atoms with Gasteiger partial charge >= 0.3 is 0 Å². The molecular weight excluding hydrogens is 244 g/mol. The van der Waals surface area contributed by atoms with Crippen LogP contribution in [0.2, 0.25) is 0 Å². The highest BCUT2D eigenvalue weighted by molar-refractivity contribution is 4.72. The van der Waals surface area contributed by atoms with E-state index < -0.39 is 0 Å². The van der Waals surface area contributed by atoms with Gasteiger partial charge in [0.1, 0.15) is 0 Å². The SMILES string of the molecule is COCCCOCCN1CCC(OCCCN)CC1. The highest BCUT2D eigenvalue weighted by atomic mass is 16.5. The lowest BCUT2D eigenvalue weighted by atomic mass is 10.1. The first kappa shape index (κ1) is 16.9. The van der Waals surface area contributed by atoms with E-state index in [1.165, 1.54) is 0 Å². The number of piperidine rings is 1. The Balaban J connectivity index is 1.92. The first-order chi connectivity index (χ1) is 9.36. The molecule has 0 amide bonds. The van der Waals surface area contributed by atoms with Gasteiger partial charge in [-0.1, -0.05) is 0 Å². The summed E-state index contributed by atoms with van der Waals surface area (Å²) < 4.78 is 16.3. The van der Waals surface area contributed by atoms with E-state index in [-0.39, 0.29) is 0 Å². The molecule has 0 aromatic heterocycles. The van der Waals surface area contributed by atoms with Crippen LogP contribution in [0.3, 0.4) is 0 Å². The summed E-state index contributed by atoms with van der Waals surface area (Å²) in [5.74, 6) is 0. The summed E-state index contributed by atoms with van der Waals surface area (Å²) in [4.78, 5) is 2.46. The molecule has 19 heavy (non-hydrogen) atoms. The molecule has 0 bridgehead atoms. The van der Waals surface area contributed by atoms with Crippen LogP contribution in [0.1, 0.15) is 25.7 Å². The summed E-state index contributed by atoms with van der Waals surface area (Å²) in [7, 11) is 1.72. The molecule has 1 heterocycles. The van der Waals surface area contributed by atoms with Crippen molar-refractivity contribution in [3.8, 4) is 0 Å². The predicted octanol–water partition coefficient (Wildman–Crippen LogP) is 0.869. The number of methoxy groups -OCH3 is 1. The minimum absolute atomic E-state index is 0.436. The van der Waals surface area contributed by atoms with Gasteiger partial charge in [0.2, 0.25) is 0 Å².